The molecular formula is C14H27N3S. The minimum absolute atomic E-state index is 0.691. The standard InChI is InChI=1S/C14H27N3S/c1-4-5-6-7-8-9-13-16-17-14(18-13)11-15-10-12(2)3/h12,15H,4-11H2,1-3H3. The molecule has 0 fully saturated rings. The van der Waals surface area contributed by atoms with Crippen molar-refractivity contribution >= 4 is 11.3 Å². The first-order chi connectivity index (χ1) is 8.72. The predicted molar refractivity (Wildman–Crippen MR) is 78.9 cm³/mol. The molecule has 0 spiro atoms. The average Bonchev–Trinajstić information content (AvgIpc) is 2.76. The molecule has 0 aromatic carbocycles. The highest BCUT2D eigenvalue weighted by molar-refractivity contribution is 7.11. The molecule has 0 unspecified atom stereocenters. The van der Waals surface area contributed by atoms with E-state index in [9.17, 15) is 0 Å². The van der Waals surface area contributed by atoms with Crippen molar-refractivity contribution in [3.8, 4) is 0 Å². The van der Waals surface area contributed by atoms with Crippen LogP contribution >= 0.6 is 11.3 Å². The van der Waals surface area contributed by atoms with Crippen molar-refractivity contribution in [3.05, 3.63) is 10.0 Å². The second kappa shape index (κ2) is 9.45. The average molecular weight is 269 g/mol. The maximum atomic E-state index is 4.26. The second-order valence-electron chi connectivity index (χ2n) is 5.28. The first kappa shape index (κ1) is 15.6. The molecule has 18 heavy (non-hydrogen) atoms. The first-order valence-corrected chi connectivity index (χ1v) is 8.06. The molecule has 1 aromatic heterocycles. The number of aryl methyl sites for hydroxylation is 1. The summed E-state index contributed by atoms with van der Waals surface area (Å²) in [5, 5.41) is 14.2. The Kier molecular flexibility index (Phi) is 8.18. The molecule has 0 aliphatic rings. The zero-order valence-corrected chi connectivity index (χ0v) is 12.9. The van der Waals surface area contributed by atoms with E-state index in [1.807, 2.05) is 0 Å². The molecule has 0 amide bonds. The van der Waals surface area contributed by atoms with Crippen molar-refractivity contribution in [2.24, 2.45) is 5.92 Å². The molecule has 0 aliphatic carbocycles. The fourth-order valence-electron chi connectivity index (χ4n) is 1.81. The van der Waals surface area contributed by atoms with E-state index >= 15 is 0 Å². The molecule has 1 rings (SSSR count). The maximum absolute atomic E-state index is 4.26. The van der Waals surface area contributed by atoms with Crippen molar-refractivity contribution in [3.63, 3.8) is 0 Å². The van der Waals surface area contributed by atoms with Crippen LogP contribution in [0.5, 0.6) is 0 Å². The van der Waals surface area contributed by atoms with Gasteiger partial charge < -0.3 is 5.32 Å². The molecule has 1 N–H and O–H groups in total. The Morgan fingerprint density at radius 3 is 2.50 bits per heavy atom. The van der Waals surface area contributed by atoms with Gasteiger partial charge in [0.25, 0.3) is 0 Å². The number of hydrogen-bond donors (Lipinski definition) is 1. The normalized spacial score (nSPS) is 11.3. The Hall–Kier alpha value is -0.480. The summed E-state index contributed by atoms with van der Waals surface area (Å²) < 4.78 is 0. The monoisotopic (exact) mass is 269 g/mol. The highest BCUT2D eigenvalue weighted by Crippen LogP contribution is 2.13. The van der Waals surface area contributed by atoms with E-state index in [0.717, 1.165) is 24.5 Å². The summed E-state index contributed by atoms with van der Waals surface area (Å²) in [6.45, 7) is 8.60. The lowest BCUT2D eigenvalue weighted by atomic mass is 10.1. The van der Waals surface area contributed by atoms with Crippen LogP contribution < -0.4 is 5.32 Å². The van der Waals surface area contributed by atoms with Crippen molar-refractivity contribution in [1.82, 2.24) is 15.5 Å². The van der Waals surface area contributed by atoms with E-state index in [1.54, 1.807) is 11.3 Å². The quantitative estimate of drug-likeness (QED) is 0.657. The van der Waals surface area contributed by atoms with Gasteiger partial charge in [-0.25, -0.2) is 0 Å². The lowest BCUT2D eigenvalue weighted by Gasteiger charge is -2.03. The Bertz CT molecular complexity index is 310. The summed E-state index contributed by atoms with van der Waals surface area (Å²) in [6.07, 6.45) is 7.72. The fraction of sp³-hybridized carbons (Fsp3) is 0.857. The summed E-state index contributed by atoms with van der Waals surface area (Å²) in [7, 11) is 0. The molecule has 0 bridgehead atoms. The summed E-state index contributed by atoms with van der Waals surface area (Å²) in [5.41, 5.74) is 0. The number of unbranched alkanes of at least 4 members (excludes halogenated alkanes) is 4. The van der Waals surface area contributed by atoms with Gasteiger partial charge in [0, 0.05) is 13.0 Å². The molecule has 0 saturated heterocycles. The van der Waals surface area contributed by atoms with E-state index in [-0.39, 0.29) is 0 Å². The van der Waals surface area contributed by atoms with Crippen LogP contribution in [0.3, 0.4) is 0 Å². The molecule has 0 atom stereocenters. The number of aromatic nitrogens is 2. The summed E-state index contributed by atoms with van der Waals surface area (Å²) in [5.74, 6) is 0.691. The van der Waals surface area contributed by atoms with Crippen LogP contribution in [0.1, 0.15) is 62.9 Å². The predicted octanol–water partition coefficient (Wildman–Crippen LogP) is 3.80. The van der Waals surface area contributed by atoms with Gasteiger partial charge in [0.15, 0.2) is 0 Å². The van der Waals surface area contributed by atoms with E-state index in [1.165, 1.54) is 37.1 Å². The Balaban J connectivity index is 2.13. The van der Waals surface area contributed by atoms with Crippen molar-refractivity contribution < 1.29 is 0 Å². The molecule has 0 radical (unpaired) electrons. The van der Waals surface area contributed by atoms with Crippen LogP contribution in [-0.4, -0.2) is 16.7 Å². The largest absolute Gasteiger partial charge is 0.310 e. The van der Waals surface area contributed by atoms with E-state index < -0.39 is 0 Å². The van der Waals surface area contributed by atoms with E-state index in [2.05, 4.69) is 36.3 Å². The molecule has 1 aromatic rings. The van der Waals surface area contributed by atoms with Crippen molar-refractivity contribution in [2.75, 3.05) is 6.54 Å². The van der Waals surface area contributed by atoms with Gasteiger partial charge in [0.05, 0.1) is 0 Å². The van der Waals surface area contributed by atoms with Crippen molar-refractivity contribution in [1.29, 1.82) is 0 Å². The molecule has 4 heteroatoms. The number of nitrogens with zero attached hydrogens (tertiary/aromatic N) is 2. The number of rotatable bonds is 10. The highest BCUT2D eigenvalue weighted by Gasteiger charge is 2.04. The topological polar surface area (TPSA) is 37.8 Å². The van der Waals surface area contributed by atoms with Crippen molar-refractivity contribution in [2.45, 2.75) is 65.8 Å². The Morgan fingerprint density at radius 2 is 1.78 bits per heavy atom. The minimum atomic E-state index is 0.691. The Morgan fingerprint density at radius 1 is 1.06 bits per heavy atom. The van der Waals surface area contributed by atoms with Crippen LogP contribution in [0.2, 0.25) is 0 Å². The highest BCUT2D eigenvalue weighted by atomic mass is 32.1. The summed E-state index contributed by atoms with van der Waals surface area (Å²) >= 11 is 1.76. The third-order valence-electron chi connectivity index (χ3n) is 2.83. The van der Waals surface area contributed by atoms with Crippen LogP contribution in [0, 0.1) is 5.92 Å². The van der Waals surface area contributed by atoms with Crippen LogP contribution in [0.4, 0.5) is 0 Å². The lowest BCUT2D eigenvalue weighted by Crippen LogP contribution is -2.18. The first-order valence-electron chi connectivity index (χ1n) is 7.24. The molecule has 0 saturated carbocycles. The minimum Gasteiger partial charge on any atom is -0.310 e. The van der Waals surface area contributed by atoms with Gasteiger partial charge in [0.2, 0.25) is 0 Å². The van der Waals surface area contributed by atoms with Gasteiger partial charge in [-0.2, -0.15) is 0 Å². The summed E-state index contributed by atoms with van der Waals surface area (Å²) in [4.78, 5) is 0. The lowest BCUT2D eigenvalue weighted by molar-refractivity contribution is 0.550. The molecule has 3 nitrogen and oxygen atoms in total. The van der Waals surface area contributed by atoms with Gasteiger partial charge in [-0.1, -0.05) is 46.5 Å². The van der Waals surface area contributed by atoms with E-state index in [4.69, 9.17) is 0 Å². The van der Waals surface area contributed by atoms with Crippen LogP contribution in [0.25, 0.3) is 0 Å². The van der Waals surface area contributed by atoms with Crippen LogP contribution in [-0.2, 0) is 13.0 Å². The zero-order valence-electron chi connectivity index (χ0n) is 12.0. The van der Waals surface area contributed by atoms with Gasteiger partial charge in [-0.15, -0.1) is 21.5 Å². The van der Waals surface area contributed by atoms with Crippen LogP contribution in [0.15, 0.2) is 0 Å². The number of nitrogens with one attached hydrogen (secondary N) is 1. The SMILES string of the molecule is CCCCCCCc1nnc(CNCC(C)C)s1. The van der Waals surface area contributed by atoms with Gasteiger partial charge >= 0.3 is 0 Å². The molecule has 1 heterocycles. The number of hydrogen-bond acceptors (Lipinski definition) is 4. The molecule has 0 aliphatic heterocycles. The van der Waals surface area contributed by atoms with Gasteiger partial charge in [-0.3, -0.25) is 0 Å². The smallest absolute Gasteiger partial charge is 0.131 e. The molecule has 104 valence electrons. The maximum Gasteiger partial charge on any atom is 0.131 e. The van der Waals surface area contributed by atoms with E-state index in [0.29, 0.717) is 5.92 Å². The van der Waals surface area contributed by atoms with Gasteiger partial charge in [-0.05, 0) is 18.9 Å². The Labute approximate surface area is 115 Å². The third kappa shape index (κ3) is 7.07. The fourth-order valence-corrected chi connectivity index (χ4v) is 2.66. The summed E-state index contributed by atoms with van der Waals surface area (Å²) in [6, 6.07) is 0. The zero-order chi connectivity index (χ0) is 13.2. The second-order valence-corrected chi connectivity index (χ2v) is 6.43. The van der Waals surface area contributed by atoms with Gasteiger partial charge in [0.1, 0.15) is 10.0 Å². The third-order valence-corrected chi connectivity index (χ3v) is 3.81. The molecular weight excluding hydrogens is 242 g/mol.